The average Bonchev–Trinajstić information content (AvgIpc) is 2.67. The number of ether oxygens (including phenoxy) is 1. The zero-order valence-corrected chi connectivity index (χ0v) is 12.5. The Morgan fingerprint density at radius 3 is 2.67 bits per heavy atom. The van der Waals surface area contributed by atoms with Crippen molar-refractivity contribution in [2.45, 2.75) is 11.8 Å². The van der Waals surface area contributed by atoms with E-state index >= 15 is 0 Å². The number of hydrogen-bond donors (Lipinski definition) is 2. The second kappa shape index (κ2) is 6.86. The lowest BCUT2D eigenvalue weighted by Crippen LogP contribution is -2.26. The first-order valence-electron chi connectivity index (χ1n) is 5.56. The third-order valence-electron chi connectivity index (χ3n) is 2.54. The molecule has 7 heteroatoms. The summed E-state index contributed by atoms with van der Waals surface area (Å²) in [6.07, 6.45) is 1.94. The van der Waals surface area contributed by atoms with Gasteiger partial charge in [-0.3, -0.25) is 4.79 Å². The molecule has 0 saturated carbocycles. The molecule has 1 aromatic rings. The molecule has 5 nitrogen and oxygen atoms in total. The Bertz CT molecular complexity index is 421. The lowest BCUT2D eigenvalue weighted by Gasteiger charge is -2.22. The van der Waals surface area contributed by atoms with Gasteiger partial charge in [0.2, 0.25) is 0 Å². The molecular formula is C11H19N3O2S2. The molecule has 18 heavy (non-hydrogen) atoms. The molecule has 0 saturated heterocycles. The molecule has 0 aliphatic heterocycles. The SMILES string of the molecule is CCN(CCOC)c1sc(C(N)=O)c(N)c1SC. The van der Waals surface area contributed by atoms with Crippen LogP contribution < -0.4 is 16.4 Å². The molecule has 1 amide bonds. The molecule has 0 bridgehead atoms. The van der Waals surface area contributed by atoms with E-state index in [-0.39, 0.29) is 0 Å². The number of rotatable bonds is 7. The number of nitrogens with zero attached hydrogens (tertiary/aromatic N) is 1. The minimum Gasteiger partial charge on any atom is -0.396 e. The van der Waals surface area contributed by atoms with Crippen molar-refractivity contribution < 1.29 is 9.53 Å². The number of carbonyl (C=O) groups is 1. The van der Waals surface area contributed by atoms with E-state index in [1.165, 1.54) is 23.1 Å². The molecule has 1 heterocycles. The van der Waals surface area contributed by atoms with E-state index in [0.717, 1.165) is 23.0 Å². The predicted octanol–water partition coefficient (Wildman–Crippen LogP) is 1.62. The van der Waals surface area contributed by atoms with Crippen LogP contribution in [0.25, 0.3) is 0 Å². The van der Waals surface area contributed by atoms with E-state index in [4.69, 9.17) is 16.2 Å². The smallest absolute Gasteiger partial charge is 0.261 e. The summed E-state index contributed by atoms with van der Waals surface area (Å²) >= 11 is 2.88. The second-order valence-corrected chi connectivity index (χ2v) is 5.44. The van der Waals surface area contributed by atoms with Gasteiger partial charge in [0, 0.05) is 20.2 Å². The molecule has 0 aromatic carbocycles. The molecule has 0 radical (unpaired) electrons. The Hall–Kier alpha value is -0.920. The minimum atomic E-state index is -0.471. The zero-order chi connectivity index (χ0) is 13.7. The molecule has 0 aliphatic rings. The van der Waals surface area contributed by atoms with Gasteiger partial charge in [0.1, 0.15) is 9.88 Å². The fourth-order valence-corrected chi connectivity index (χ4v) is 3.73. The molecule has 0 aliphatic carbocycles. The van der Waals surface area contributed by atoms with Crippen LogP contribution >= 0.6 is 23.1 Å². The van der Waals surface area contributed by atoms with Crippen LogP contribution in [0, 0.1) is 0 Å². The van der Waals surface area contributed by atoms with E-state index in [1.54, 1.807) is 7.11 Å². The van der Waals surface area contributed by atoms with Crippen molar-refractivity contribution in [3.8, 4) is 0 Å². The Balaban J connectivity index is 3.12. The van der Waals surface area contributed by atoms with E-state index in [1.807, 2.05) is 6.26 Å². The van der Waals surface area contributed by atoms with Crippen LogP contribution in [-0.4, -0.2) is 39.0 Å². The number of anilines is 2. The van der Waals surface area contributed by atoms with Crippen LogP contribution in [-0.2, 0) is 4.74 Å². The van der Waals surface area contributed by atoms with Crippen molar-refractivity contribution in [3.05, 3.63) is 4.88 Å². The maximum Gasteiger partial charge on any atom is 0.261 e. The first kappa shape index (κ1) is 15.1. The highest BCUT2D eigenvalue weighted by Gasteiger charge is 2.21. The fraction of sp³-hybridized carbons (Fsp3) is 0.545. The van der Waals surface area contributed by atoms with E-state index in [9.17, 15) is 4.79 Å². The third-order valence-corrected chi connectivity index (χ3v) is 4.78. The molecule has 4 N–H and O–H groups in total. The summed E-state index contributed by atoms with van der Waals surface area (Å²) < 4.78 is 5.09. The van der Waals surface area contributed by atoms with Crippen molar-refractivity contribution in [2.75, 3.05) is 43.7 Å². The second-order valence-electron chi connectivity index (χ2n) is 3.62. The quantitative estimate of drug-likeness (QED) is 0.746. The number of thiophene rings is 1. The van der Waals surface area contributed by atoms with Gasteiger partial charge in [-0.25, -0.2) is 0 Å². The van der Waals surface area contributed by atoms with Gasteiger partial charge in [0.05, 0.1) is 17.2 Å². The normalized spacial score (nSPS) is 10.6. The predicted molar refractivity (Wildman–Crippen MR) is 78.8 cm³/mol. The summed E-state index contributed by atoms with van der Waals surface area (Å²) in [5.41, 5.74) is 11.8. The fourth-order valence-electron chi connectivity index (χ4n) is 1.61. The number of amides is 1. The van der Waals surface area contributed by atoms with Gasteiger partial charge in [0.15, 0.2) is 0 Å². The average molecular weight is 289 g/mol. The van der Waals surface area contributed by atoms with Crippen molar-refractivity contribution in [1.82, 2.24) is 0 Å². The Morgan fingerprint density at radius 1 is 1.56 bits per heavy atom. The molecule has 102 valence electrons. The number of methoxy groups -OCH3 is 1. The monoisotopic (exact) mass is 289 g/mol. The van der Waals surface area contributed by atoms with Crippen LogP contribution in [0.1, 0.15) is 16.6 Å². The molecule has 0 spiro atoms. The number of primary amides is 1. The zero-order valence-electron chi connectivity index (χ0n) is 10.9. The Labute approximate surface area is 115 Å². The van der Waals surface area contributed by atoms with Gasteiger partial charge >= 0.3 is 0 Å². The first-order chi connectivity index (χ1) is 8.56. The number of thioether (sulfide) groups is 1. The largest absolute Gasteiger partial charge is 0.396 e. The van der Waals surface area contributed by atoms with Gasteiger partial charge < -0.3 is 21.1 Å². The van der Waals surface area contributed by atoms with E-state index < -0.39 is 5.91 Å². The lowest BCUT2D eigenvalue weighted by molar-refractivity contribution is 0.100. The minimum absolute atomic E-state index is 0.435. The summed E-state index contributed by atoms with van der Waals surface area (Å²) in [5.74, 6) is -0.471. The van der Waals surface area contributed by atoms with E-state index in [0.29, 0.717) is 17.2 Å². The van der Waals surface area contributed by atoms with Crippen LogP contribution in [0.15, 0.2) is 4.90 Å². The maximum atomic E-state index is 11.3. The Kier molecular flexibility index (Phi) is 5.77. The van der Waals surface area contributed by atoms with Gasteiger partial charge in [-0.15, -0.1) is 23.1 Å². The topological polar surface area (TPSA) is 81.6 Å². The number of nitrogens with two attached hydrogens (primary N) is 2. The number of hydrogen-bond acceptors (Lipinski definition) is 6. The third kappa shape index (κ3) is 3.09. The van der Waals surface area contributed by atoms with Crippen molar-refractivity contribution in [1.29, 1.82) is 0 Å². The molecule has 0 atom stereocenters. The van der Waals surface area contributed by atoms with Crippen LogP contribution in [0.5, 0.6) is 0 Å². The number of likely N-dealkylation sites (N-methyl/N-ethyl adjacent to an activating group) is 1. The molecule has 1 rings (SSSR count). The number of carbonyl (C=O) groups excluding carboxylic acids is 1. The lowest BCUT2D eigenvalue weighted by atomic mass is 10.3. The molecule has 1 aromatic heterocycles. The maximum absolute atomic E-state index is 11.3. The van der Waals surface area contributed by atoms with Gasteiger partial charge in [0.25, 0.3) is 5.91 Å². The molecular weight excluding hydrogens is 270 g/mol. The summed E-state index contributed by atoms with van der Waals surface area (Å²) in [6, 6.07) is 0. The van der Waals surface area contributed by atoms with Crippen LogP contribution in [0.3, 0.4) is 0 Å². The van der Waals surface area contributed by atoms with E-state index in [2.05, 4.69) is 11.8 Å². The Morgan fingerprint density at radius 2 is 2.22 bits per heavy atom. The van der Waals surface area contributed by atoms with Gasteiger partial charge in [-0.2, -0.15) is 0 Å². The summed E-state index contributed by atoms with van der Waals surface area (Å²) in [5, 5.41) is 0.994. The first-order valence-corrected chi connectivity index (χ1v) is 7.60. The van der Waals surface area contributed by atoms with Crippen molar-refractivity contribution in [3.63, 3.8) is 0 Å². The highest BCUT2D eigenvalue weighted by molar-refractivity contribution is 7.99. The van der Waals surface area contributed by atoms with Crippen molar-refractivity contribution in [2.24, 2.45) is 5.73 Å². The van der Waals surface area contributed by atoms with Crippen LogP contribution in [0.2, 0.25) is 0 Å². The van der Waals surface area contributed by atoms with Crippen LogP contribution in [0.4, 0.5) is 10.7 Å². The van der Waals surface area contributed by atoms with Gasteiger partial charge in [-0.1, -0.05) is 0 Å². The van der Waals surface area contributed by atoms with Gasteiger partial charge in [-0.05, 0) is 13.2 Å². The molecule has 0 fully saturated rings. The highest BCUT2D eigenvalue weighted by atomic mass is 32.2. The summed E-state index contributed by atoms with van der Waals surface area (Å²) in [4.78, 5) is 14.8. The van der Waals surface area contributed by atoms with Crippen molar-refractivity contribution >= 4 is 39.7 Å². The number of nitrogen functional groups attached to an aromatic ring is 1. The highest BCUT2D eigenvalue weighted by Crippen LogP contribution is 2.43. The summed E-state index contributed by atoms with van der Waals surface area (Å²) in [6.45, 7) is 4.28. The standard InChI is InChI=1S/C11H19N3O2S2/c1-4-14(5-6-16-2)11-9(17-3)7(12)8(18-11)10(13)15/h4-6,12H2,1-3H3,(H2,13,15). The summed E-state index contributed by atoms with van der Waals surface area (Å²) in [7, 11) is 1.67. The molecule has 0 unspecified atom stereocenters.